The van der Waals surface area contributed by atoms with E-state index in [9.17, 15) is 4.39 Å². The van der Waals surface area contributed by atoms with Crippen LogP contribution in [0.4, 0.5) is 10.4 Å². The van der Waals surface area contributed by atoms with Crippen molar-refractivity contribution in [2.45, 2.75) is 17.6 Å². The van der Waals surface area contributed by atoms with Gasteiger partial charge in [0, 0.05) is 11.4 Å². The largest absolute Gasteiger partial charge is 0.338 e. The molecule has 0 fully saturated rings. The molecule has 1 N–H and O–H groups in total. The fraction of sp³-hybridized carbons (Fsp3) is 0.273. The summed E-state index contributed by atoms with van der Waals surface area (Å²) in [4.78, 5) is 4.70. The van der Waals surface area contributed by atoms with E-state index in [4.69, 9.17) is 4.52 Å². The molecule has 0 atom stereocenters. The Morgan fingerprint density at radius 3 is 3.00 bits per heavy atom. The molecule has 1 aromatic heterocycles. The first-order chi connectivity index (χ1) is 8.29. The second-order valence-corrected chi connectivity index (χ2v) is 4.28. The van der Waals surface area contributed by atoms with Gasteiger partial charge in [0.15, 0.2) is 5.82 Å². The van der Waals surface area contributed by atoms with Crippen LogP contribution in [0.2, 0.25) is 0 Å². The zero-order valence-electron chi connectivity index (χ0n) is 9.31. The number of hydrogen-bond acceptors (Lipinski definition) is 5. The highest BCUT2D eigenvalue weighted by Gasteiger charge is 2.07. The van der Waals surface area contributed by atoms with Gasteiger partial charge in [0.2, 0.25) is 0 Å². The molecule has 0 saturated heterocycles. The molecule has 1 aromatic carbocycles. The number of nitrogens with zero attached hydrogens (tertiary/aromatic N) is 2. The zero-order chi connectivity index (χ0) is 12.1. The lowest BCUT2D eigenvalue weighted by atomic mass is 10.3. The molecule has 0 saturated carbocycles. The molecule has 17 heavy (non-hydrogen) atoms. The van der Waals surface area contributed by atoms with E-state index in [0.717, 1.165) is 6.54 Å². The second kappa shape index (κ2) is 5.67. The van der Waals surface area contributed by atoms with Crippen molar-refractivity contribution in [1.29, 1.82) is 0 Å². The second-order valence-electron chi connectivity index (χ2n) is 3.27. The topological polar surface area (TPSA) is 51.0 Å². The maximum atomic E-state index is 13.3. The number of thioether (sulfide) groups is 1. The minimum absolute atomic E-state index is 0.229. The summed E-state index contributed by atoms with van der Waals surface area (Å²) in [5, 5.41) is 6.70. The summed E-state index contributed by atoms with van der Waals surface area (Å²) in [5.41, 5.74) is 0. The summed E-state index contributed by atoms with van der Waals surface area (Å²) >= 11 is 1.34. The quantitative estimate of drug-likeness (QED) is 0.830. The Morgan fingerprint density at radius 1 is 1.41 bits per heavy atom. The van der Waals surface area contributed by atoms with Crippen LogP contribution in [0.5, 0.6) is 0 Å². The number of hydrogen-bond donors (Lipinski definition) is 1. The van der Waals surface area contributed by atoms with E-state index in [1.54, 1.807) is 18.2 Å². The van der Waals surface area contributed by atoms with Gasteiger partial charge in [0.1, 0.15) is 5.82 Å². The maximum Gasteiger partial charge on any atom is 0.321 e. The fourth-order valence-corrected chi connectivity index (χ4v) is 2.02. The van der Waals surface area contributed by atoms with Gasteiger partial charge in [-0.25, -0.2) is 4.39 Å². The van der Waals surface area contributed by atoms with Crippen molar-refractivity contribution in [3.05, 3.63) is 35.9 Å². The van der Waals surface area contributed by atoms with Gasteiger partial charge < -0.3 is 9.84 Å². The number of aromatic nitrogens is 2. The molecule has 1 heterocycles. The number of anilines is 1. The zero-order valence-corrected chi connectivity index (χ0v) is 10.1. The van der Waals surface area contributed by atoms with Gasteiger partial charge >= 0.3 is 6.01 Å². The standard InChI is InChI=1S/C11H12FN3OS/c1-2-13-11-14-10(15-16-11)7-17-9-6-4-3-5-8(9)12/h3-6H,2,7H2,1H3,(H,13,14,15). The smallest absolute Gasteiger partial charge is 0.321 e. The van der Waals surface area contributed by atoms with Crippen molar-refractivity contribution >= 4 is 17.8 Å². The molecule has 90 valence electrons. The summed E-state index contributed by atoms with van der Waals surface area (Å²) < 4.78 is 18.3. The molecule has 0 bridgehead atoms. The van der Waals surface area contributed by atoms with Gasteiger partial charge in [0.25, 0.3) is 0 Å². The highest BCUT2D eigenvalue weighted by atomic mass is 32.2. The first-order valence-electron chi connectivity index (χ1n) is 5.23. The Morgan fingerprint density at radius 2 is 2.24 bits per heavy atom. The molecule has 0 unspecified atom stereocenters. The monoisotopic (exact) mass is 253 g/mol. The minimum atomic E-state index is -0.229. The van der Waals surface area contributed by atoms with Crippen LogP contribution in [0.15, 0.2) is 33.7 Å². The van der Waals surface area contributed by atoms with Crippen molar-refractivity contribution in [2.75, 3.05) is 11.9 Å². The van der Waals surface area contributed by atoms with E-state index in [0.29, 0.717) is 22.5 Å². The predicted octanol–water partition coefficient (Wildman–Crippen LogP) is 2.93. The molecule has 0 spiro atoms. The van der Waals surface area contributed by atoms with Crippen LogP contribution in [0.3, 0.4) is 0 Å². The summed E-state index contributed by atoms with van der Waals surface area (Å²) in [7, 11) is 0. The van der Waals surface area contributed by atoms with Crippen LogP contribution >= 0.6 is 11.8 Å². The molecule has 0 aliphatic heterocycles. The summed E-state index contributed by atoms with van der Waals surface area (Å²) in [6.45, 7) is 2.67. The summed E-state index contributed by atoms with van der Waals surface area (Å²) in [6, 6.07) is 7.02. The predicted molar refractivity (Wildman–Crippen MR) is 64.4 cm³/mol. The molecule has 0 aliphatic rings. The summed E-state index contributed by atoms with van der Waals surface area (Å²) in [5.74, 6) is 0.803. The van der Waals surface area contributed by atoms with Gasteiger partial charge in [-0.1, -0.05) is 17.3 Å². The highest BCUT2D eigenvalue weighted by molar-refractivity contribution is 7.98. The van der Waals surface area contributed by atoms with Gasteiger partial charge in [-0.3, -0.25) is 0 Å². The van der Waals surface area contributed by atoms with Crippen LogP contribution in [0, 0.1) is 5.82 Å². The highest BCUT2D eigenvalue weighted by Crippen LogP contribution is 2.24. The Labute approximate surface area is 103 Å². The molecule has 2 rings (SSSR count). The van der Waals surface area contributed by atoms with Gasteiger partial charge in [0.05, 0.1) is 5.75 Å². The van der Waals surface area contributed by atoms with E-state index in [2.05, 4.69) is 15.5 Å². The molecule has 0 aliphatic carbocycles. The lowest BCUT2D eigenvalue weighted by Gasteiger charge is -1.99. The minimum Gasteiger partial charge on any atom is -0.338 e. The third-order valence-corrected chi connectivity index (χ3v) is 3.03. The SMILES string of the molecule is CCNc1nc(CSc2ccccc2F)no1. The molecular weight excluding hydrogens is 241 g/mol. The first kappa shape index (κ1) is 11.9. The van der Waals surface area contributed by atoms with Crippen LogP contribution in [-0.4, -0.2) is 16.7 Å². The molecule has 2 aromatic rings. The molecule has 4 nitrogen and oxygen atoms in total. The number of nitrogens with one attached hydrogen (secondary N) is 1. The van der Waals surface area contributed by atoms with Crippen LogP contribution in [0.1, 0.15) is 12.7 Å². The first-order valence-corrected chi connectivity index (χ1v) is 6.22. The third-order valence-electron chi connectivity index (χ3n) is 1.99. The molecule has 0 radical (unpaired) electrons. The maximum absolute atomic E-state index is 13.3. The van der Waals surface area contributed by atoms with Gasteiger partial charge in [-0.05, 0) is 19.1 Å². The van der Waals surface area contributed by atoms with Crippen LogP contribution in [0.25, 0.3) is 0 Å². The fourth-order valence-electron chi connectivity index (χ4n) is 1.24. The molecule has 0 amide bonds. The Balaban J connectivity index is 1.95. The third kappa shape index (κ3) is 3.20. The number of benzene rings is 1. The van der Waals surface area contributed by atoms with Gasteiger partial charge in [-0.2, -0.15) is 4.98 Å². The van der Waals surface area contributed by atoms with E-state index in [1.807, 2.05) is 6.92 Å². The van der Waals surface area contributed by atoms with Crippen molar-refractivity contribution in [3.63, 3.8) is 0 Å². The van der Waals surface area contributed by atoms with Crippen molar-refractivity contribution in [2.24, 2.45) is 0 Å². The average Bonchev–Trinajstić information content (AvgIpc) is 2.76. The van der Waals surface area contributed by atoms with E-state index in [-0.39, 0.29) is 5.82 Å². The van der Waals surface area contributed by atoms with Crippen molar-refractivity contribution in [3.8, 4) is 0 Å². The molecule has 6 heteroatoms. The Bertz CT molecular complexity index is 489. The normalized spacial score (nSPS) is 10.5. The van der Waals surface area contributed by atoms with Crippen LogP contribution < -0.4 is 5.32 Å². The Kier molecular flexibility index (Phi) is 3.98. The lowest BCUT2D eigenvalue weighted by molar-refractivity contribution is 0.425. The van der Waals surface area contributed by atoms with E-state index in [1.165, 1.54) is 17.8 Å². The average molecular weight is 253 g/mol. The van der Waals surface area contributed by atoms with Crippen molar-refractivity contribution < 1.29 is 8.91 Å². The number of rotatable bonds is 5. The van der Waals surface area contributed by atoms with E-state index < -0.39 is 0 Å². The Hall–Kier alpha value is -1.56. The number of halogens is 1. The van der Waals surface area contributed by atoms with Crippen LogP contribution in [-0.2, 0) is 5.75 Å². The molecular formula is C11H12FN3OS. The van der Waals surface area contributed by atoms with E-state index >= 15 is 0 Å². The van der Waals surface area contributed by atoms with Crippen molar-refractivity contribution in [1.82, 2.24) is 10.1 Å². The lowest BCUT2D eigenvalue weighted by Crippen LogP contribution is -1.96. The van der Waals surface area contributed by atoms with Gasteiger partial charge in [-0.15, -0.1) is 11.8 Å². The summed E-state index contributed by atoms with van der Waals surface area (Å²) in [6.07, 6.45) is 0.